The van der Waals surface area contributed by atoms with E-state index >= 15 is 0 Å². The summed E-state index contributed by atoms with van der Waals surface area (Å²) >= 11 is 0. The molecule has 0 spiro atoms. The van der Waals surface area contributed by atoms with E-state index in [-0.39, 0.29) is 6.10 Å². The van der Waals surface area contributed by atoms with Crippen LogP contribution in [0.25, 0.3) is 0 Å². The minimum Gasteiger partial charge on any atom is -0.389 e. The van der Waals surface area contributed by atoms with E-state index in [9.17, 15) is 5.11 Å². The van der Waals surface area contributed by atoms with Gasteiger partial charge in [0.25, 0.3) is 0 Å². The van der Waals surface area contributed by atoms with Crippen molar-refractivity contribution in [1.29, 1.82) is 0 Å². The Hall–Kier alpha value is -0.860. The summed E-state index contributed by atoms with van der Waals surface area (Å²) in [6.07, 6.45) is -0.368. The molecule has 0 saturated heterocycles. The number of nitrogens with zero attached hydrogens (tertiary/aromatic N) is 1. The summed E-state index contributed by atoms with van der Waals surface area (Å²) in [5, 5.41) is 9.38. The molecule has 0 radical (unpaired) electrons. The van der Waals surface area contributed by atoms with Gasteiger partial charge in [-0.25, -0.2) is 0 Å². The molecule has 15 heavy (non-hydrogen) atoms. The van der Waals surface area contributed by atoms with Gasteiger partial charge in [0.05, 0.1) is 6.10 Å². The summed E-state index contributed by atoms with van der Waals surface area (Å²) in [5.41, 5.74) is 2.29. The van der Waals surface area contributed by atoms with Crippen molar-refractivity contribution in [1.82, 2.24) is 4.90 Å². The molecule has 1 atom stereocenters. The van der Waals surface area contributed by atoms with Crippen LogP contribution < -0.4 is 0 Å². The first-order valence-corrected chi connectivity index (χ1v) is 5.66. The maximum absolute atomic E-state index is 9.38. The predicted molar refractivity (Wildman–Crippen MR) is 63.7 cm³/mol. The molecular formula is C13H21NO. The first-order chi connectivity index (χ1) is 7.17. The van der Waals surface area contributed by atoms with Crippen LogP contribution in [0.5, 0.6) is 0 Å². The van der Waals surface area contributed by atoms with Crippen LogP contribution in [0.2, 0.25) is 0 Å². The molecule has 1 rings (SSSR count). The minimum atomic E-state index is -0.368. The summed E-state index contributed by atoms with van der Waals surface area (Å²) in [6, 6.07) is 8.20. The van der Waals surface area contributed by atoms with E-state index in [1.165, 1.54) is 5.56 Å². The van der Waals surface area contributed by atoms with Gasteiger partial charge in [-0.1, -0.05) is 38.1 Å². The van der Waals surface area contributed by atoms with Crippen LogP contribution in [0.4, 0.5) is 0 Å². The number of rotatable bonds is 5. The van der Waals surface area contributed by atoms with E-state index in [0.717, 1.165) is 25.2 Å². The normalized spacial score (nSPS) is 13.1. The molecule has 0 aliphatic carbocycles. The van der Waals surface area contributed by atoms with Gasteiger partial charge in [-0.3, -0.25) is 4.90 Å². The second kappa shape index (κ2) is 5.89. The van der Waals surface area contributed by atoms with E-state index < -0.39 is 0 Å². The van der Waals surface area contributed by atoms with Crippen LogP contribution >= 0.6 is 0 Å². The van der Waals surface area contributed by atoms with E-state index in [0.29, 0.717) is 0 Å². The Morgan fingerprint density at radius 3 is 2.07 bits per heavy atom. The van der Waals surface area contributed by atoms with Gasteiger partial charge < -0.3 is 5.11 Å². The van der Waals surface area contributed by atoms with Gasteiger partial charge in [-0.15, -0.1) is 0 Å². The molecule has 0 heterocycles. The zero-order chi connectivity index (χ0) is 11.3. The van der Waals surface area contributed by atoms with Crippen molar-refractivity contribution >= 4 is 0 Å². The average Bonchev–Trinajstić information content (AvgIpc) is 2.26. The van der Waals surface area contributed by atoms with Crippen LogP contribution in [0.1, 0.15) is 38.0 Å². The van der Waals surface area contributed by atoms with Crippen molar-refractivity contribution in [3.05, 3.63) is 35.4 Å². The number of hydrogen-bond donors (Lipinski definition) is 1. The van der Waals surface area contributed by atoms with Crippen molar-refractivity contribution in [2.75, 3.05) is 13.1 Å². The third-order valence-electron chi connectivity index (χ3n) is 2.76. The summed E-state index contributed by atoms with van der Waals surface area (Å²) in [5.74, 6) is 0. The summed E-state index contributed by atoms with van der Waals surface area (Å²) < 4.78 is 0. The molecule has 0 saturated carbocycles. The van der Waals surface area contributed by atoms with Crippen molar-refractivity contribution in [2.24, 2.45) is 0 Å². The van der Waals surface area contributed by atoms with Gasteiger partial charge >= 0.3 is 0 Å². The molecule has 1 aromatic carbocycles. The topological polar surface area (TPSA) is 23.5 Å². The van der Waals surface area contributed by atoms with Crippen LogP contribution in [0, 0.1) is 0 Å². The molecule has 0 amide bonds. The highest BCUT2D eigenvalue weighted by molar-refractivity contribution is 5.23. The molecule has 1 unspecified atom stereocenters. The standard InChI is InChI=1S/C13H21NO/c1-4-14(5-2)10-12-6-8-13(9-7-12)11(3)15/h6-9,11,15H,4-5,10H2,1-3H3. The molecule has 1 aromatic rings. The Balaban J connectivity index is 2.63. The molecule has 0 aliphatic rings. The smallest absolute Gasteiger partial charge is 0.0761 e. The van der Waals surface area contributed by atoms with Gasteiger partial charge in [0.2, 0.25) is 0 Å². The number of aliphatic hydroxyl groups excluding tert-OH is 1. The highest BCUT2D eigenvalue weighted by Gasteiger charge is 2.03. The summed E-state index contributed by atoms with van der Waals surface area (Å²) in [7, 11) is 0. The van der Waals surface area contributed by atoms with Crippen LogP contribution in [-0.2, 0) is 6.54 Å². The lowest BCUT2D eigenvalue weighted by Crippen LogP contribution is -2.22. The van der Waals surface area contributed by atoms with E-state index in [2.05, 4.69) is 30.9 Å². The Kier molecular flexibility index (Phi) is 4.79. The molecule has 0 aliphatic heterocycles. The van der Waals surface area contributed by atoms with Gasteiger partial charge in [0.1, 0.15) is 0 Å². The quantitative estimate of drug-likeness (QED) is 0.802. The monoisotopic (exact) mass is 207 g/mol. The van der Waals surface area contributed by atoms with E-state index in [1.54, 1.807) is 6.92 Å². The number of hydrogen-bond acceptors (Lipinski definition) is 2. The fraction of sp³-hybridized carbons (Fsp3) is 0.538. The van der Waals surface area contributed by atoms with Crippen molar-refractivity contribution in [3.63, 3.8) is 0 Å². The maximum atomic E-state index is 9.38. The average molecular weight is 207 g/mol. The molecule has 0 bridgehead atoms. The minimum absolute atomic E-state index is 0.368. The van der Waals surface area contributed by atoms with E-state index in [1.807, 2.05) is 12.1 Å². The molecule has 84 valence electrons. The molecule has 0 fully saturated rings. The Morgan fingerprint density at radius 1 is 1.13 bits per heavy atom. The fourth-order valence-corrected chi connectivity index (χ4v) is 1.61. The van der Waals surface area contributed by atoms with Gasteiger partial charge in [0, 0.05) is 6.54 Å². The Labute approximate surface area is 92.5 Å². The lowest BCUT2D eigenvalue weighted by Gasteiger charge is -2.18. The second-order valence-corrected chi connectivity index (χ2v) is 3.88. The highest BCUT2D eigenvalue weighted by Crippen LogP contribution is 2.13. The summed E-state index contributed by atoms with van der Waals surface area (Å²) in [4.78, 5) is 2.37. The molecule has 2 nitrogen and oxygen atoms in total. The Bertz CT molecular complexity index is 275. The van der Waals surface area contributed by atoms with Gasteiger partial charge in [-0.05, 0) is 31.1 Å². The third-order valence-corrected chi connectivity index (χ3v) is 2.76. The zero-order valence-corrected chi connectivity index (χ0v) is 9.90. The second-order valence-electron chi connectivity index (χ2n) is 3.88. The van der Waals surface area contributed by atoms with Crippen LogP contribution in [0.15, 0.2) is 24.3 Å². The molecule has 0 aromatic heterocycles. The number of aliphatic hydroxyl groups is 1. The number of benzene rings is 1. The summed E-state index contributed by atoms with van der Waals surface area (Å²) in [6.45, 7) is 9.29. The fourth-order valence-electron chi connectivity index (χ4n) is 1.61. The van der Waals surface area contributed by atoms with Crippen molar-refractivity contribution in [2.45, 2.75) is 33.4 Å². The first kappa shape index (κ1) is 12.2. The van der Waals surface area contributed by atoms with Crippen LogP contribution in [0.3, 0.4) is 0 Å². The zero-order valence-electron chi connectivity index (χ0n) is 9.90. The lowest BCUT2D eigenvalue weighted by atomic mass is 10.1. The Morgan fingerprint density at radius 2 is 1.67 bits per heavy atom. The molecular weight excluding hydrogens is 186 g/mol. The van der Waals surface area contributed by atoms with Crippen LogP contribution in [-0.4, -0.2) is 23.1 Å². The van der Waals surface area contributed by atoms with Gasteiger partial charge in [0.15, 0.2) is 0 Å². The molecule has 1 N–H and O–H groups in total. The van der Waals surface area contributed by atoms with E-state index in [4.69, 9.17) is 0 Å². The highest BCUT2D eigenvalue weighted by atomic mass is 16.3. The van der Waals surface area contributed by atoms with Crippen molar-refractivity contribution in [3.8, 4) is 0 Å². The predicted octanol–water partition coefficient (Wildman–Crippen LogP) is 2.58. The third kappa shape index (κ3) is 3.65. The van der Waals surface area contributed by atoms with Crippen molar-refractivity contribution < 1.29 is 5.11 Å². The maximum Gasteiger partial charge on any atom is 0.0761 e. The first-order valence-electron chi connectivity index (χ1n) is 5.66. The largest absolute Gasteiger partial charge is 0.389 e. The lowest BCUT2D eigenvalue weighted by molar-refractivity contribution is 0.199. The molecule has 2 heteroatoms. The SMILES string of the molecule is CCN(CC)Cc1ccc(C(C)O)cc1. The van der Waals surface area contributed by atoms with Gasteiger partial charge in [-0.2, -0.15) is 0 Å².